The number of hydrogen-bond donors (Lipinski definition) is 1. The molecular weight excluding hydrogens is 366 g/mol. The maximum atomic E-state index is 11.8. The average Bonchev–Trinajstić information content (AvgIpc) is 2.58. The van der Waals surface area contributed by atoms with Crippen molar-refractivity contribution in [2.75, 3.05) is 6.61 Å². The summed E-state index contributed by atoms with van der Waals surface area (Å²) in [6.07, 6.45) is 1.16. The van der Waals surface area contributed by atoms with Gasteiger partial charge in [0.1, 0.15) is 5.75 Å². The fourth-order valence-electron chi connectivity index (χ4n) is 2.29. The second-order valence-corrected chi connectivity index (χ2v) is 6.91. The predicted octanol–water partition coefficient (Wildman–Crippen LogP) is 5.05. The molecule has 1 amide bonds. The van der Waals surface area contributed by atoms with Crippen molar-refractivity contribution in [2.45, 2.75) is 39.2 Å². The van der Waals surface area contributed by atoms with Gasteiger partial charge in [-0.3, -0.25) is 4.79 Å². The Kier molecular flexibility index (Phi) is 7.32. The van der Waals surface area contributed by atoms with E-state index in [4.69, 9.17) is 4.74 Å². The Bertz CT molecular complexity index is 656. The van der Waals surface area contributed by atoms with Gasteiger partial charge in [0.25, 0.3) is 0 Å². The van der Waals surface area contributed by atoms with Crippen LogP contribution in [-0.4, -0.2) is 12.5 Å². The average molecular weight is 390 g/mol. The Hall–Kier alpha value is -1.81. The summed E-state index contributed by atoms with van der Waals surface area (Å²) in [5, 5.41) is 2.93. The van der Waals surface area contributed by atoms with Crippen molar-refractivity contribution in [1.29, 1.82) is 0 Å². The Balaban J connectivity index is 1.68. The third kappa shape index (κ3) is 6.00. The predicted molar refractivity (Wildman–Crippen MR) is 101 cm³/mol. The zero-order valence-electron chi connectivity index (χ0n) is 14.2. The van der Waals surface area contributed by atoms with Crippen LogP contribution in [-0.2, 0) is 11.3 Å². The van der Waals surface area contributed by atoms with Crippen molar-refractivity contribution in [3.05, 3.63) is 64.1 Å². The topological polar surface area (TPSA) is 38.3 Å². The lowest BCUT2D eigenvalue weighted by Crippen LogP contribution is -2.22. The van der Waals surface area contributed by atoms with Crippen molar-refractivity contribution in [2.24, 2.45) is 0 Å². The van der Waals surface area contributed by atoms with Crippen LogP contribution in [0.4, 0.5) is 0 Å². The van der Waals surface area contributed by atoms with E-state index in [9.17, 15) is 4.79 Å². The number of hydrogen-bond acceptors (Lipinski definition) is 2. The van der Waals surface area contributed by atoms with Gasteiger partial charge >= 0.3 is 0 Å². The number of rotatable bonds is 8. The van der Waals surface area contributed by atoms with Crippen LogP contribution >= 0.6 is 15.9 Å². The number of carbonyl (C=O) groups is 1. The van der Waals surface area contributed by atoms with Gasteiger partial charge in [0.05, 0.1) is 11.1 Å². The van der Waals surface area contributed by atoms with Gasteiger partial charge in [-0.1, -0.05) is 50.2 Å². The summed E-state index contributed by atoms with van der Waals surface area (Å²) in [5.74, 6) is 1.37. The maximum Gasteiger partial charge on any atom is 0.220 e. The van der Waals surface area contributed by atoms with E-state index in [2.05, 4.69) is 47.2 Å². The summed E-state index contributed by atoms with van der Waals surface area (Å²) in [4.78, 5) is 11.8. The zero-order chi connectivity index (χ0) is 17.4. The minimum atomic E-state index is 0.0525. The second kappa shape index (κ2) is 9.48. The Morgan fingerprint density at radius 1 is 1.17 bits per heavy atom. The minimum Gasteiger partial charge on any atom is -0.492 e. The standard InChI is InChI=1S/C20H24BrNO2/c1-15(2)17-10-11-19(18(21)13-17)24-12-6-9-20(23)22-14-16-7-4-3-5-8-16/h3-5,7-8,10-11,13,15H,6,9,12,14H2,1-2H3,(H,22,23). The molecule has 2 aromatic carbocycles. The molecule has 0 heterocycles. The highest BCUT2D eigenvalue weighted by molar-refractivity contribution is 9.10. The van der Waals surface area contributed by atoms with Crippen LogP contribution in [0.25, 0.3) is 0 Å². The van der Waals surface area contributed by atoms with E-state index in [0.29, 0.717) is 31.9 Å². The molecule has 128 valence electrons. The minimum absolute atomic E-state index is 0.0525. The van der Waals surface area contributed by atoms with E-state index in [-0.39, 0.29) is 5.91 Å². The van der Waals surface area contributed by atoms with Crippen LogP contribution in [0.3, 0.4) is 0 Å². The molecule has 0 fully saturated rings. The van der Waals surface area contributed by atoms with E-state index in [1.165, 1.54) is 5.56 Å². The van der Waals surface area contributed by atoms with Gasteiger partial charge in [-0.2, -0.15) is 0 Å². The Morgan fingerprint density at radius 3 is 2.58 bits per heavy atom. The smallest absolute Gasteiger partial charge is 0.220 e. The third-order valence-corrected chi connectivity index (χ3v) is 4.38. The highest BCUT2D eigenvalue weighted by Crippen LogP contribution is 2.29. The van der Waals surface area contributed by atoms with E-state index in [0.717, 1.165) is 15.8 Å². The van der Waals surface area contributed by atoms with Crippen LogP contribution in [0.15, 0.2) is 53.0 Å². The lowest BCUT2D eigenvalue weighted by atomic mass is 10.0. The first-order valence-electron chi connectivity index (χ1n) is 8.29. The summed E-state index contributed by atoms with van der Waals surface area (Å²) in [6.45, 7) is 5.42. The van der Waals surface area contributed by atoms with Crippen LogP contribution in [0.5, 0.6) is 5.75 Å². The number of ether oxygens (including phenoxy) is 1. The van der Waals surface area contributed by atoms with Gasteiger partial charge in [-0.25, -0.2) is 0 Å². The second-order valence-electron chi connectivity index (χ2n) is 6.06. The highest BCUT2D eigenvalue weighted by Gasteiger charge is 2.06. The van der Waals surface area contributed by atoms with E-state index in [1.54, 1.807) is 0 Å². The molecule has 0 unspecified atom stereocenters. The molecule has 1 N–H and O–H groups in total. The lowest BCUT2D eigenvalue weighted by molar-refractivity contribution is -0.121. The van der Waals surface area contributed by atoms with Gasteiger partial charge in [0, 0.05) is 13.0 Å². The van der Waals surface area contributed by atoms with Crippen LogP contribution in [0.2, 0.25) is 0 Å². The fourth-order valence-corrected chi connectivity index (χ4v) is 2.80. The summed E-state index contributed by atoms with van der Waals surface area (Å²) in [7, 11) is 0. The summed E-state index contributed by atoms with van der Waals surface area (Å²) < 4.78 is 6.72. The third-order valence-electron chi connectivity index (χ3n) is 3.76. The SMILES string of the molecule is CC(C)c1ccc(OCCCC(=O)NCc2ccccc2)c(Br)c1. The molecule has 0 aliphatic rings. The van der Waals surface area contributed by atoms with E-state index < -0.39 is 0 Å². The first kappa shape index (κ1) is 18.5. The fraction of sp³-hybridized carbons (Fsp3) is 0.350. The Morgan fingerprint density at radius 2 is 1.92 bits per heavy atom. The molecule has 0 saturated heterocycles. The van der Waals surface area contributed by atoms with Crippen molar-refractivity contribution in [3.63, 3.8) is 0 Å². The maximum absolute atomic E-state index is 11.8. The molecule has 0 spiro atoms. The molecule has 0 atom stereocenters. The lowest BCUT2D eigenvalue weighted by Gasteiger charge is -2.11. The van der Waals surface area contributed by atoms with Crippen molar-refractivity contribution in [1.82, 2.24) is 5.32 Å². The monoisotopic (exact) mass is 389 g/mol. The number of amides is 1. The molecule has 0 aliphatic heterocycles. The molecule has 0 bridgehead atoms. The number of nitrogens with one attached hydrogen (secondary N) is 1. The summed E-state index contributed by atoms with van der Waals surface area (Å²) in [5.41, 5.74) is 2.38. The molecule has 2 rings (SSSR count). The van der Waals surface area contributed by atoms with E-state index >= 15 is 0 Å². The quantitative estimate of drug-likeness (QED) is 0.641. The van der Waals surface area contributed by atoms with Crippen LogP contribution in [0, 0.1) is 0 Å². The van der Waals surface area contributed by atoms with Gasteiger partial charge in [-0.05, 0) is 51.5 Å². The first-order chi connectivity index (χ1) is 11.6. The molecule has 24 heavy (non-hydrogen) atoms. The molecule has 0 radical (unpaired) electrons. The van der Waals surface area contributed by atoms with Crippen LogP contribution in [0.1, 0.15) is 43.7 Å². The van der Waals surface area contributed by atoms with Gasteiger partial charge in [-0.15, -0.1) is 0 Å². The number of carbonyl (C=O) groups excluding carboxylic acids is 1. The van der Waals surface area contributed by atoms with Crippen molar-refractivity contribution < 1.29 is 9.53 Å². The molecular formula is C20H24BrNO2. The first-order valence-corrected chi connectivity index (χ1v) is 9.08. The highest BCUT2D eigenvalue weighted by atomic mass is 79.9. The number of benzene rings is 2. The molecule has 0 saturated carbocycles. The molecule has 3 nitrogen and oxygen atoms in total. The largest absolute Gasteiger partial charge is 0.492 e. The number of halogens is 1. The summed E-state index contributed by atoms with van der Waals surface area (Å²) in [6, 6.07) is 16.1. The van der Waals surface area contributed by atoms with Crippen molar-refractivity contribution in [3.8, 4) is 5.75 Å². The Labute approximate surface area is 152 Å². The molecule has 2 aromatic rings. The zero-order valence-corrected chi connectivity index (χ0v) is 15.8. The van der Waals surface area contributed by atoms with E-state index in [1.807, 2.05) is 36.4 Å². The molecule has 0 aromatic heterocycles. The van der Waals surface area contributed by atoms with Crippen molar-refractivity contribution >= 4 is 21.8 Å². The summed E-state index contributed by atoms with van der Waals surface area (Å²) >= 11 is 3.54. The van der Waals surface area contributed by atoms with Gasteiger partial charge in [0.15, 0.2) is 0 Å². The molecule has 0 aliphatic carbocycles. The van der Waals surface area contributed by atoms with Gasteiger partial charge in [0.2, 0.25) is 5.91 Å². The van der Waals surface area contributed by atoms with Crippen LogP contribution < -0.4 is 10.1 Å². The normalized spacial score (nSPS) is 10.7. The van der Waals surface area contributed by atoms with Gasteiger partial charge < -0.3 is 10.1 Å². The molecule has 4 heteroatoms.